The zero-order valence-corrected chi connectivity index (χ0v) is 15.1. The van der Waals surface area contributed by atoms with Crippen LogP contribution in [-0.2, 0) is 16.1 Å². The molecular formula is C17H21ClN4O3. The summed E-state index contributed by atoms with van der Waals surface area (Å²) < 4.78 is 6.78. The van der Waals surface area contributed by atoms with E-state index < -0.39 is 5.97 Å². The summed E-state index contributed by atoms with van der Waals surface area (Å²) in [5.74, 6) is -0.938. The molecule has 2 aromatic rings. The fraction of sp³-hybridized carbons (Fsp3) is 0.353. The highest BCUT2D eigenvalue weighted by Gasteiger charge is 2.13. The van der Waals surface area contributed by atoms with Crippen LogP contribution >= 0.6 is 11.6 Å². The van der Waals surface area contributed by atoms with Crippen LogP contribution < -0.4 is 10.6 Å². The zero-order chi connectivity index (χ0) is 18.4. The maximum atomic E-state index is 11.8. The highest BCUT2D eigenvalue weighted by Crippen LogP contribution is 2.25. The predicted molar refractivity (Wildman–Crippen MR) is 97.1 cm³/mol. The molecule has 0 fully saturated rings. The Balaban J connectivity index is 2.26. The summed E-state index contributed by atoms with van der Waals surface area (Å²) in [6.07, 6.45) is 3.54. The van der Waals surface area contributed by atoms with Crippen LogP contribution in [0.2, 0.25) is 0 Å². The Morgan fingerprint density at radius 1 is 1.32 bits per heavy atom. The molecule has 0 saturated carbocycles. The Morgan fingerprint density at radius 3 is 2.72 bits per heavy atom. The Labute approximate surface area is 151 Å². The van der Waals surface area contributed by atoms with Gasteiger partial charge in [0.1, 0.15) is 5.88 Å². The van der Waals surface area contributed by atoms with Gasteiger partial charge in [0.05, 0.1) is 42.6 Å². The number of carbonyl (C=O) groups excluding carboxylic acids is 2. The second-order valence-corrected chi connectivity index (χ2v) is 5.94. The molecule has 1 aromatic heterocycles. The smallest absolute Gasteiger partial charge is 0.337 e. The minimum atomic E-state index is -0.453. The third-order valence-corrected chi connectivity index (χ3v) is 3.84. The van der Waals surface area contributed by atoms with Crippen molar-refractivity contribution >= 4 is 34.9 Å². The zero-order valence-electron chi connectivity index (χ0n) is 14.4. The van der Waals surface area contributed by atoms with Crippen molar-refractivity contribution in [3.8, 4) is 0 Å². The summed E-state index contributed by atoms with van der Waals surface area (Å²) in [5.41, 5.74) is 2.49. The lowest BCUT2D eigenvalue weighted by Gasteiger charge is -2.16. The van der Waals surface area contributed by atoms with E-state index in [4.69, 9.17) is 16.3 Å². The molecule has 0 spiro atoms. The number of ether oxygens (including phenoxy) is 1. The molecule has 2 N–H and O–H groups in total. The van der Waals surface area contributed by atoms with Gasteiger partial charge in [-0.2, -0.15) is 0 Å². The van der Waals surface area contributed by atoms with Crippen LogP contribution in [0.4, 0.5) is 11.4 Å². The van der Waals surface area contributed by atoms with E-state index in [1.165, 1.54) is 7.11 Å². The molecule has 25 heavy (non-hydrogen) atoms. The van der Waals surface area contributed by atoms with Crippen molar-refractivity contribution in [2.45, 2.75) is 26.4 Å². The summed E-state index contributed by atoms with van der Waals surface area (Å²) in [7, 11) is 1.32. The fourth-order valence-corrected chi connectivity index (χ4v) is 2.41. The summed E-state index contributed by atoms with van der Waals surface area (Å²) >= 11 is 5.55. The van der Waals surface area contributed by atoms with E-state index in [1.807, 2.05) is 4.57 Å². The molecule has 134 valence electrons. The second kappa shape index (κ2) is 8.53. The van der Waals surface area contributed by atoms with Gasteiger partial charge in [0.15, 0.2) is 0 Å². The summed E-state index contributed by atoms with van der Waals surface area (Å²) in [5, 5.41) is 5.94. The first-order valence-corrected chi connectivity index (χ1v) is 8.32. The first-order valence-electron chi connectivity index (χ1n) is 7.79. The van der Waals surface area contributed by atoms with Crippen molar-refractivity contribution in [2.75, 3.05) is 23.6 Å². The maximum Gasteiger partial charge on any atom is 0.337 e. The fourth-order valence-electron chi connectivity index (χ4n) is 2.35. The van der Waals surface area contributed by atoms with E-state index in [9.17, 15) is 9.59 Å². The molecule has 0 aliphatic carbocycles. The minimum absolute atomic E-state index is 0.154. The molecule has 0 bridgehead atoms. The molecule has 1 amide bonds. The molecule has 2 rings (SSSR count). The number of nitrogens with zero attached hydrogens (tertiary/aromatic N) is 2. The van der Waals surface area contributed by atoms with Crippen LogP contribution in [0.1, 0.15) is 35.9 Å². The molecule has 1 aromatic carbocycles. The van der Waals surface area contributed by atoms with Crippen molar-refractivity contribution in [1.29, 1.82) is 0 Å². The molecule has 0 unspecified atom stereocenters. The molecule has 0 radical (unpaired) electrons. The highest BCUT2D eigenvalue weighted by atomic mass is 35.5. The molecule has 7 nitrogen and oxygen atoms in total. The van der Waals surface area contributed by atoms with Gasteiger partial charge in [-0.05, 0) is 32.0 Å². The number of halogens is 1. The molecule has 1 heterocycles. The average Bonchev–Trinajstić information content (AvgIpc) is 3.08. The first-order chi connectivity index (χ1) is 12.0. The highest BCUT2D eigenvalue weighted by molar-refractivity contribution is 6.29. The Bertz CT molecular complexity index is 758. The van der Waals surface area contributed by atoms with E-state index in [0.29, 0.717) is 23.5 Å². The van der Waals surface area contributed by atoms with Crippen LogP contribution in [-0.4, -0.2) is 34.4 Å². The predicted octanol–water partition coefficient (Wildman–Crippen LogP) is 3.04. The SMILES string of the molecule is COC(=O)c1ccc(NC(=O)CCl)c(NCc2cncn2C(C)C)c1. The van der Waals surface area contributed by atoms with Gasteiger partial charge < -0.3 is 19.9 Å². The summed E-state index contributed by atoms with van der Waals surface area (Å²) in [4.78, 5) is 27.5. The third-order valence-electron chi connectivity index (χ3n) is 3.60. The Kier molecular flexibility index (Phi) is 6.41. The van der Waals surface area contributed by atoms with Crippen LogP contribution in [0.5, 0.6) is 0 Å². The topological polar surface area (TPSA) is 85.2 Å². The van der Waals surface area contributed by atoms with Gasteiger partial charge in [-0.1, -0.05) is 0 Å². The van der Waals surface area contributed by atoms with E-state index in [-0.39, 0.29) is 17.8 Å². The number of aromatic nitrogens is 2. The number of alkyl halides is 1. The number of esters is 1. The van der Waals surface area contributed by atoms with Crippen molar-refractivity contribution in [1.82, 2.24) is 9.55 Å². The van der Waals surface area contributed by atoms with Gasteiger partial charge in [-0.25, -0.2) is 9.78 Å². The molecule has 0 saturated heterocycles. The molecule has 0 atom stereocenters. The maximum absolute atomic E-state index is 11.8. The van der Waals surface area contributed by atoms with Gasteiger partial charge in [0.2, 0.25) is 5.91 Å². The lowest BCUT2D eigenvalue weighted by atomic mass is 10.1. The minimum Gasteiger partial charge on any atom is -0.465 e. The molecular weight excluding hydrogens is 344 g/mol. The van der Waals surface area contributed by atoms with Crippen molar-refractivity contribution in [3.63, 3.8) is 0 Å². The Hall–Kier alpha value is -2.54. The normalized spacial score (nSPS) is 10.6. The van der Waals surface area contributed by atoms with Gasteiger partial charge in [0.25, 0.3) is 0 Å². The molecule has 0 aliphatic rings. The number of nitrogens with one attached hydrogen (secondary N) is 2. The standard InChI is InChI=1S/C17H21ClN4O3/c1-11(2)22-10-19-8-13(22)9-20-15-6-12(17(24)25-3)4-5-14(15)21-16(23)7-18/h4-6,8,10-11,20H,7,9H2,1-3H3,(H,21,23). The molecule has 0 aliphatic heterocycles. The van der Waals surface area contributed by atoms with Crippen LogP contribution in [0.15, 0.2) is 30.7 Å². The van der Waals surface area contributed by atoms with Crippen LogP contribution in [0.25, 0.3) is 0 Å². The quantitative estimate of drug-likeness (QED) is 0.582. The summed E-state index contributed by atoms with van der Waals surface area (Å²) in [6.45, 7) is 4.61. The first kappa shape index (κ1) is 18.8. The number of benzene rings is 1. The number of imidazole rings is 1. The van der Waals surface area contributed by atoms with E-state index in [1.54, 1.807) is 30.7 Å². The van der Waals surface area contributed by atoms with Crippen molar-refractivity contribution < 1.29 is 14.3 Å². The summed E-state index contributed by atoms with van der Waals surface area (Å²) in [6, 6.07) is 5.13. The van der Waals surface area contributed by atoms with Gasteiger partial charge in [-0.3, -0.25) is 4.79 Å². The third kappa shape index (κ3) is 4.73. The lowest BCUT2D eigenvalue weighted by Crippen LogP contribution is -2.16. The van der Waals surface area contributed by atoms with Crippen molar-refractivity contribution in [3.05, 3.63) is 42.0 Å². The van der Waals surface area contributed by atoms with Crippen LogP contribution in [0.3, 0.4) is 0 Å². The number of carbonyl (C=O) groups is 2. The van der Waals surface area contributed by atoms with Gasteiger partial charge in [0, 0.05) is 12.2 Å². The number of rotatable bonds is 7. The number of anilines is 2. The number of methoxy groups -OCH3 is 1. The number of hydrogen-bond donors (Lipinski definition) is 2. The van der Waals surface area contributed by atoms with E-state index >= 15 is 0 Å². The van der Waals surface area contributed by atoms with E-state index in [2.05, 4.69) is 29.5 Å². The van der Waals surface area contributed by atoms with Crippen LogP contribution in [0, 0.1) is 0 Å². The Morgan fingerprint density at radius 2 is 2.08 bits per heavy atom. The monoisotopic (exact) mass is 364 g/mol. The largest absolute Gasteiger partial charge is 0.465 e. The number of hydrogen-bond acceptors (Lipinski definition) is 5. The van der Waals surface area contributed by atoms with Gasteiger partial charge >= 0.3 is 5.97 Å². The lowest BCUT2D eigenvalue weighted by molar-refractivity contribution is -0.113. The average molecular weight is 365 g/mol. The van der Waals surface area contributed by atoms with Crippen molar-refractivity contribution in [2.24, 2.45) is 0 Å². The van der Waals surface area contributed by atoms with E-state index in [0.717, 1.165) is 5.69 Å². The van der Waals surface area contributed by atoms with Gasteiger partial charge in [-0.15, -0.1) is 11.6 Å². The number of amides is 1. The molecule has 8 heteroatoms. The second-order valence-electron chi connectivity index (χ2n) is 5.67.